The molecule has 0 amide bonds. The van der Waals surface area contributed by atoms with Crippen molar-refractivity contribution in [1.82, 2.24) is 4.90 Å². The van der Waals surface area contributed by atoms with E-state index >= 15 is 0 Å². The summed E-state index contributed by atoms with van der Waals surface area (Å²) in [5, 5.41) is 0. The maximum absolute atomic E-state index is 6.37. The van der Waals surface area contributed by atoms with Crippen LogP contribution in [-0.4, -0.2) is 23.5 Å². The van der Waals surface area contributed by atoms with Gasteiger partial charge >= 0.3 is 0 Å². The Morgan fingerprint density at radius 1 is 1.26 bits per heavy atom. The summed E-state index contributed by atoms with van der Waals surface area (Å²) < 4.78 is 5.65. The second kappa shape index (κ2) is 8.39. The quantitative estimate of drug-likeness (QED) is 0.735. The van der Waals surface area contributed by atoms with E-state index in [0.29, 0.717) is 6.04 Å². The Balaban J connectivity index is 2.96. The van der Waals surface area contributed by atoms with Crippen molar-refractivity contribution in [1.29, 1.82) is 0 Å². The Morgan fingerprint density at radius 3 is 2.47 bits per heavy atom. The molecule has 0 aromatic carbocycles. The van der Waals surface area contributed by atoms with E-state index in [9.17, 15) is 0 Å². The Morgan fingerprint density at radius 2 is 2.00 bits per heavy atom. The first-order valence-electron chi connectivity index (χ1n) is 7.70. The van der Waals surface area contributed by atoms with Gasteiger partial charge in [0.05, 0.1) is 12.3 Å². The summed E-state index contributed by atoms with van der Waals surface area (Å²) in [6.45, 7) is 9.99. The number of nitrogens with zero attached hydrogens (tertiary/aromatic N) is 1. The highest BCUT2D eigenvalue weighted by molar-refractivity contribution is 5.08. The van der Waals surface area contributed by atoms with E-state index in [-0.39, 0.29) is 12.1 Å². The number of unbranched alkanes of at least 4 members (excludes halogenated alkanes) is 1. The molecule has 3 atom stereocenters. The van der Waals surface area contributed by atoms with Gasteiger partial charge in [0.25, 0.3) is 0 Å². The lowest BCUT2D eigenvalue weighted by Gasteiger charge is -2.38. The van der Waals surface area contributed by atoms with Gasteiger partial charge in [0.15, 0.2) is 0 Å². The van der Waals surface area contributed by atoms with Crippen LogP contribution in [0.2, 0.25) is 0 Å². The van der Waals surface area contributed by atoms with Crippen LogP contribution in [0.3, 0.4) is 0 Å². The van der Waals surface area contributed by atoms with Crippen molar-refractivity contribution < 1.29 is 4.42 Å². The average molecular weight is 266 g/mol. The highest BCUT2D eigenvalue weighted by Crippen LogP contribution is 2.28. The molecule has 0 aliphatic heterocycles. The van der Waals surface area contributed by atoms with E-state index in [0.717, 1.165) is 25.1 Å². The topological polar surface area (TPSA) is 42.4 Å². The van der Waals surface area contributed by atoms with Gasteiger partial charge in [0, 0.05) is 12.1 Å². The zero-order valence-corrected chi connectivity index (χ0v) is 12.9. The molecule has 2 N–H and O–H groups in total. The normalized spacial score (nSPS) is 16.5. The standard InChI is InChI=1S/C16H30N2O/c1-5-8-11-18(13(4)6-2)16(14(17)7-3)15-10-9-12-19-15/h9-10,12-14,16H,5-8,11,17H2,1-4H3. The lowest BCUT2D eigenvalue weighted by Crippen LogP contribution is -2.45. The molecular formula is C16H30N2O. The van der Waals surface area contributed by atoms with Crippen molar-refractivity contribution >= 4 is 0 Å². The van der Waals surface area contributed by atoms with Crippen molar-refractivity contribution in [3.05, 3.63) is 24.2 Å². The lowest BCUT2D eigenvalue weighted by atomic mass is 9.99. The number of nitrogens with two attached hydrogens (primary N) is 1. The lowest BCUT2D eigenvalue weighted by molar-refractivity contribution is 0.100. The molecule has 3 nitrogen and oxygen atoms in total. The first-order valence-corrected chi connectivity index (χ1v) is 7.70. The van der Waals surface area contributed by atoms with Crippen molar-refractivity contribution in [3.8, 4) is 0 Å². The molecule has 1 aromatic heterocycles. The van der Waals surface area contributed by atoms with Gasteiger partial charge in [-0.05, 0) is 44.9 Å². The van der Waals surface area contributed by atoms with Gasteiger partial charge in [0.1, 0.15) is 5.76 Å². The Hall–Kier alpha value is -0.800. The van der Waals surface area contributed by atoms with Crippen LogP contribution in [0.15, 0.2) is 22.8 Å². The molecule has 0 aliphatic carbocycles. The fourth-order valence-corrected chi connectivity index (χ4v) is 2.51. The summed E-state index contributed by atoms with van der Waals surface area (Å²) in [5.74, 6) is 1.01. The van der Waals surface area contributed by atoms with Gasteiger partial charge in [-0.2, -0.15) is 0 Å². The van der Waals surface area contributed by atoms with Crippen molar-refractivity contribution in [2.24, 2.45) is 5.73 Å². The first kappa shape index (κ1) is 16.3. The summed E-state index contributed by atoms with van der Waals surface area (Å²) in [4.78, 5) is 2.52. The summed E-state index contributed by atoms with van der Waals surface area (Å²) >= 11 is 0. The minimum Gasteiger partial charge on any atom is -0.468 e. The zero-order chi connectivity index (χ0) is 14.3. The minimum absolute atomic E-state index is 0.122. The second-order valence-corrected chi connectivity index (χ2v) is 5.38. The molecule has 19 heavy (non-hydrogen) atoms. The van der Waals surface area contributed by atoms with Crippen LogP contribution in [0.4, 0.5) is 0 Å². The second-order valence-electron chi connectivity index (χ2n) is 5.38. The number of rotatable bonds is 9. The molecule has 0 spiro atoms. The van der Waals surface area contributed by atoms with Crippen LogP contribution in [0, 0.1) is 0 Å². The van der Waals surface area contributed by atoms with Gasteiger partial charge in [-0.3, -0.25) is 4.90 Å². The van der Waals surface area contributed by atoms with Crippen LogP contribution >= 0.6 is 0 Å². The highest BCUT2D eigenvalue weighted by atomic mass is 16.3. The molecule has 1 aromatic rings. The minimum atomic E-state index is 0.122. The van der Waals surface area contributed by atoms with Crippen LogP contribution in [0.1, 0.15) is 65.2 Å². The Bertz CT molecular complexity index is 323. The third-order valence-corrected chi connectivity index (χ3v) is 4.00. The summed E-state index contributed by atoms with van der Waals surface area (Å²) in [5.41, 5.74) is 6.37. The van der Waals surface area contributed by atoms with Crippen molar-refractivity contribution in [2.45, 2.75) is 71.5 Å². The zero-order valence-electron chi connectivity index (χ0n) is 12.9. The molecule has 0 fully saturated rings. The Labute approximate surface area is 118 Å². The van der Waals surface area contributed by atoms with Gasteiger partial charge < -0.3 is 10.2 Å². The summed E-state index contributed by atoms with van der Waals surface area (Å²) in [6, 6.07) is 4.86. The summed E-state index contributed by atoms with van der Waals surface area (Å²) in [7, 11) is 0. The number of hydrogen-bond donors (Lipinski definition) is 1. The molecule has 3 unspecified atom stereocenters. The molecule has 1 heterocycles. The largest absolute Gasteiger partial charge is 0.468 e. The van der Waals surface area contributed by atoms with Crippen LogP contribution in [-0.2, 0) is 0 Å². The van der Waals surface area contributed by atoms with E-state index in [1.807, 2.05) is 6.07 Å². The van der Waals surface area contributed by atoms with Crippen LogP contribution in [0.25, 0.3) is 0 Å². The molecule has 110 valence electrons. The van der Waals surface area contributed by atoms with E-state index in [2.05, 4.69) is 38.7 Å². The third-order valence-electron chi connectivity index (χ3n) is 4.00. The molecule has 0 saturated carbocycles. The predicted octanol–water partition coefficient (Wildman–Crippen LogP) is 3.96. The van der Waals surface area contributed by atoms with Gasteiger partial charge in [-0.1, -0.05) is 27.2 Å². The molecule has 3 heteroatoms. The molecular weight excluding hydrogens is 236 g/mol. The Kier molecular flexibility index (Phi) is 7.17. The van der Waals surface area contributed by atoms with E-state index in [4.69, 9.17) is 10.2 Å². The third kappa shape index (κ3) is 4.36. The van der Waals surface area contributed by atoms with Crippen LogP contribution < -0.4 is 5.73 Å². The fourth-order valence-electron chi connectivity index (χ4n) is 2.51. The van der Waals surface area contributed by atoms with Gasteiger partial charge in [0.2, 0.25) is 0 Å². The number of furan rings is 1. The van der Waals surface area contributed by atoms with Gasteiger partial charge in [-0.25, -0.2) is 0 Å². The van der Waals surface area contributed by atoms with Crippen LogP contribution in [0.5, 0.6) is 0 Å². The average Bonchev–Trinajstić information content (AvgIpc) is 2.95. The fraction of sp³-hybridized carbons (Fsp3) is 0.750. The molecule has 1 rings (SSSR count). The first-order chi connectivity index (χ1) is 9.15. The SMILES string of the molecule is CCCCN(C(C)CC)C(c1ccco1)C(N)CC. The molecule has 0 radical (unpaired) electrons. The predicted molar refractivity (Wildman–Crippen MR) is 81.1 cm³/mol. The van der Waals surface area contributed by atoms with Gasteiger partial charge in [-0.15, -0.1) is 0 Å². The molecule has 0 saturated heterocycles. The maximum atomic E-state index is 6.37. The summed E-state index contributed by atoms with van der Waals surface area (Å²) in [6.07, 6.45) is 6.26. The van der Waals surface area contributed by atoms with E-state index < -0.39 is 0 Å². The smallest absolute Gasteiger partial charge is 0.122 e. The highest BCUT2D eigenvalue weighted by Gasteiger charge is 2.30. The molecule has 0 aliphatic rings. The molecule has 0 bridgehead atoms. The number of hydrogen-bond acceptors (Lipinski definition) is 3. The van der Waals surface area contributed by atoms with Crippen molar-refractivity contribution in [2.75, 3.05) is 6.54 Å². The van der Waals surface area contributed by atoms with E-state index in [1.165, 1.54) is 12.8 Å². The van der Waals surface area contributed by atoms with Crippen molar-refractivity contribution in [3.63, 3.8) is 0 Å². The maximum Gasteiger partial charge on any atom is 0.122 e. The van der Waals surface area contributed by atoms with E-state index in [1.54, 1.807) is 6.26 Å². The monoisotopic (exact) mass is 266 g/mol.